The van der Waals surface area contributed by atoms with Crippen molar-refractivity contribution >= 4 is 5.91 Å². The van der Waals surface area contributed by atoms with Gasteiger partial charge in [-0.2, -0.15) is 5.10 Å². The lowest BCUT2D eigenvalue weighted by Crippen LogP contribution is -2.35. The molecular weight excluding hydrogens is 426 g/mol. The van der Waals surface area contributed by atoms with Crippen molar-refractivity contribution in [2.45, 2.75) is 13.1 Å². The molecule has 0 unspecified atom stereocenters. The average molecular weight is 454 g/mol. The molecule has 1 fully saturated rings. The summed E-state index contributed by atoms with van der Waals surface area (Å²) in [6, 6.07) is 21.9. The first-order valence-corrected chi connectivity index (χ1v) is 11.5. The fraction of sp³-hybridized carbons (Fsp3) is 0.222. The van der Waals surface area contributed by atoms with E-state index in [0.29, 0.717) is 17.8 Å². The normalized spacial score (nSPS) is 14.1. The molecule has 172 valence electrons. The standard InChI is InChI=1S/C27H27N5O2/c33-27(29-17-21-8-10-22(11-9-21)19-31-13-15-34-16-14-31)25-20-32(24-6-2-1-3-7-24)30-26(25)23-5-4-12-28-18-23/h1-12,18,20H,13-17,19H2,(H,29,33). The number of carbonyl (C=O) groups is 1. The van der Waals surface area contributed by atoms with Crippen LogP contribution < -0.4 is 5.32 Å². The molecule has 34 heavy (non-hydrogen) atoms. The number of hydrogen-bond donors (Lipinski definition) is 1. The summed E-state index contributed by atoms with van der Waals surface area (Å²) in [7, 11) is 0. The van der Waals surface area contributed by atoms with Crippen LogP contribution >= 0.6 is 0 Å². The lowest BCUT2D eigenvalue weighted by Gasteiger charge is -2.26. The minimum absolute atomic E-state index is 0.168. The lowest BCUT2D eigenvalue weighted by molar-refractivity contribution is 0.0342. The summed E-state index contributed by atoms with van der Waals surface area (Å²) in [5.74, 6) is -0.168. The van der Waals surface area contributed by atoms with Crippen LogP contribution in [0, 0.1) is 0 Å². The minimum atomic E-state index is -0.168. The Labute approximate surface area is 199 Å². The highest BCUT2D eigenvalue weighted by molar-refractivity contribution is 5.99. The largest absolute Gasteiger partial charge is 0.379 e. The van der Waals surface area contributed by atoms with Gasteiger partial charge in [-0.1, -0.05) is 42.5 Å². The lowest BCUT2D eigenvalue weighted by atomic mass is 10.1. The van der Waals surface area contributed by atoms with E-state index in [9.17, 15) is 4.79 Å². The Kier molecular flexibility index (Phi) is 6.74. The Morgan fingerprint density at radius 1 is 0.941 bits per heavy atom. The van der Waals surface area contributed by atoms with Crippen molar-refractivity contribution in [1.29, 1.82) is 0 Å². The number of carbonyl (C=O) groups excluding carboxylic acids is 1. The number of hydrogen-bond acceptors (Lipinski definition) is 5. The summed E-state index contributed by atoms with van der Waals surface area (Å²) < 4.78 is 7.15. The van der Waals surface area contributed by atoms with E-state index in [-0.39, 0.29) is 5.91 Å². The van der Waals surface area contributed by atoms with Gasteiger partial charge in [0.15, 0.2) is 0 Å². The van der Waals surface area contributed by atoms with Crippen LogP contribution in [0.5, 0.6) is 0 Å². The third-order valence-electron chi connectivity index (χ3n) is 5.90. The number of amides is 1. The number of nitrogens with zero attached hydrogens (tertiary/aromatic N) is 4. The second kappa shape index (κ2) is 10.4. The topological polar surface area (TPSA) is 72.3 Å². The van der Waals surface area contributed by atoms with E-state index in [4.69, 9.17) is 9.84 Å². The van der Waals surface area contributed by atoms with Crippen LogP contribution in [0.3, 0.4) is 0 Å². The third kappa shape index (κ3) is 5.22. The summed E-state index contributed by atoms with van der Waals surface area (Å²) in [5, 5.41) is 7.75. The zero-order valence-corrected chi connectivity index (χ0v) is 18.9. The van der Waals surface area contributed by atoms with Crippen molar-refractivity contribution in [2.75, 3.05) is 26.3 Å². The first kappa shape index (κ1) is 22.0. The highest BCUT2D eigenvalue weighted by Crippen LogP contribution is 2.23. The third-order valence-corrected chi connectivity index (χ3v) is 5.90. The number of nitrogens with one attached hydrogen (secondary N) is 1. The average Bonchev–Trinajstić information content (AvgIpc) is 3.36. The molecular formula is C27H27N5O2. The molecule has 1 amide bonds. The second-order valence-corrected chi connectivity index (χ2v) is 8.30. The maximum atomic E-state index is 13.2. The molecule has 1 aliphatic rings. The molecule has 2 aromatic carbocycles. The fourth-order valence-electron chi connectivity index (χ4n) is 4.03. The van der Waals surface area contributed by atoms with Crippen molar-refractivity contribution in [2.24, 2.45) is 0 Å². The van der Waals surface area contributed by atoms with Crippen LogP contribution in [0.2, 0.25) is 0 Å². The van der Waals surface area contributed by atoms with Gasteiger partial charge >= 0.3 is 0 Å². The van der Waals surface area contributed by atoms with E-state index in [2.05, 4.69) is 39.5 Å². The molecule has 0 radical (unpaired) electrons. The molecule has 1 aliphatic heterocycles. The molecule has 5 rings (SSSR count). The Balaban J connectivity index is 1.30. The number of morpholine rings is 1. The van der Waals surface area contributed by atoms with Crippen LogP contribution in [0.15, 0.2) is 85.3 Å². The molecule has 0 saturated carbocycles. The Hall–Kier alpha value is -3.81. The molecule has 0 aliphatic carbocycles. The predicted octanol–water partition coefficient (Wildman–Crippen LogP) is 3.70. The number of ether oxygens (including phenoxy) is 1. The van der Waals surface area contributed by atoms with Gasteiger partial charge in [-0.15, -0.1) is 0 Å². The quantitative estimate of drug-likeness (QED) is 0.462. The highest BCUT2D eigenvalue weighted by atomic mass is 16.5. The SMILES string of the molecule is O=C(NCc1ccc(CN2CCOCC2)cc1)c1cn(-c2ccccc2)nc1-c1cccnc1. The van der Waals surface area contributed by atoms with Gasteiger partial charge in [-0.25, -0.2) is 4.68 Å². The van der Waals surface area contributed by atoms with Crippen LogP contribution in [-0.2, 0) is 17.8 Å². The zero-order chi connectivity index (χ0) is 23.2. The van der Waals surface area contributed by atoms with Crippen LogP contribution in [0.1, 0.15) is 21.5 Å². The van der Waals surface area contributed by atoms with Gasteiger partial charge < -0.3 is 10.1 Å². The van der Waals surface area contributed by atoms with Crippen molar-refractivity contribution in [3.63, 3.8) is 0 Å². The van der Waals surface area contributed by atoms with E-state index < -0.39 is 0 Å². The highest BCUT2D eigenvalue weighted by Gasteiger charge is 2.19. The Bertz CT molecular complexity index is 1220. The van der Waals surface area contributed by atoms with Gasteiger partial charge in [0, 0.05) is 50.3 Å². The zero-order valence-electron chi connectivity index (χ0n) is 18.9. The molecule has 3 heterocycles. The number of rotatable bonds is 7. The predicted molar refractivity (Wildman–Crippen MR) is 131 cm³/mol. The number of pyridine rings is 1. The van der Waals surface area contributed by atoms with Gasteiger partial charge in [0.25, 0.3) is 5.91 Å². The molecule has 0 spiro atoms. The number of benzene rings is 2. The molecule has 0 bridgehead atoms. The monoisotopic (exact) mass is 453 g/mol. The molecule has 1 N–H and O–H groups in total. The summed E-state index contributed by atoms with van der Waals surface area (Å²) in [4.78, 5) is 19.8. The van der Waals surface area contributed by atoms with Crippen molar-refractivity contribution in [3.05, 3.63) is 102 Å². The molecule has 2 aromatic heterocycles. The number of para-hydroxylation sites is 1. The fourth-order valence-corrected chi connectivity index (χ4v) is 4.03. The van der Waals surface area contributed by atoms with Gasteiger partial charge in [0.1, 0.15) is 5.69 Å². The smallest absolute Gasteiger partial charge is 0.255 e. The Morgan fingerprint density at radius 2 is 1.71 bits per heavy atom. The maximum absolute atomic E-state index is 13.2. The van der Waals surface area contributed by atoms with Gasteiger partial charge in [0.05, 0.1) is 24.5 Å². The summed E-state index contributed by atoms with van der Waals surface area (Å²) in [5.41, 5.74) is 5.13. The van der Waals surface area contributed by atoms with Crippen molar-refractivity contribution in [3.8, 4) is 16.9 Å². The second-order valence-electron chi connectivity index (χ2n) is 8.30. The Morgan fingerprint density at radius 3 is 2.44 bits per heavy atom. The van der Waals surface area contributed by atoms with E-state index in [1.165, 1.54) is 5.56 Å². The van der Waals surface area contributed by atoms with Crippen LogP contribution in [0.25, 0.3) is 16.9 Å². The maximum Gasteiger partial charge on any atom is 0.255 e. The minimum Gasteiger partial charge on any atom is -0.379 e. The van der Waals surface area contributed by atoms with E-state index in [1.807, 2.05) is 42.5 Å². The van der Waals surface area contributed by atoms with Gasteiger partial charge in [-0.05, 0) is 35.4 Å². The molecule has 7 heteroatoms. The summed E-state index contributed by atoms with van der Waals surface area (Å²) >= 11 is 0. The van der Waals surface area contributed by atoms with E-state index in [1.54, 1.807) is 23.3 Å². The van der Waals surface area contributed by atoms with Crippen molar-refractivity contribution in [1.82, 2.24) is 25.0 Å². The molecule has 4 aromatic rings. The van der Waals surface area contributed by atoms with E-state index in [0.717, 1.165) is 49.7 Å². The number of aromatic nitrogens is 3. The van der Waals surface area contributed by atoms with Crippen LogP contribution in [-0.4, -0.2) is 51.9 Å². The van der Waals surface area contributed by atoms with E-state index >= 15 is 0 Å². The van der Waals surface area contributed by atoms with Gasteiger partial charge in [0.2, 0.25) is 0 Å². The summed E-state index contributed by atoms with van der Waals surface area (Å²) in [6.45, 7) is 4.89. The van der Waals surface area contributed by atoms with Crippen molar-refractivity contribution < 1.29 is 9.53 Å². The first-order valence-electron chi connectivity index (χ1n) is 11.5. The van der Waals surface area contributed by atoms with Gasteiger partial charge in [-0.3, -0.25) is 14.7 Å². The first-order chi connectivity index (χ1) is 16.8. The molecule has 0 atom stereocenters. The summed E-state index contributed by atoms with van der Waals surface area (Å²) in [6.07, 6.45) is 5.21. The molecule has 1 saturated heterocycles. The van der Waals surface area contributed by atoms with Crippen LogP contribution in [0.4, 0.5) is 0 Å². The molecule has 7 nitrogen and oxygen atoms in total.